The molecule has 4 aromatic rings. The van der Waals surface area contributed by atoms with Gasteiger partial charge in [-0.05, 0) is 65.1 Å². The van der Waals surface area contributed by atoms with E-state index in [2.05, 4.69) is 9.98 Å². The Labute approximate surface area is 231 Å². The molecule has 0 heterocycles. The molecule has 4 aromatic carbocycles. The number of aliphatic imine (C=N–C) groups is 2. The third-order valence-corrected chi connectivity index (χ3v) is 6.17. The van der Waals surface area contributed by atoms with Crippen molar-refractivity contribution in [1.29, 1.82) is 0 Å². The summed E-state index contributed by atoms with van der Waals surface area (Å²) in [7, 11) is 0. The molecule has 0 saturated carbocycles. The first-order chi connectivity index (χ1) is 18.6. The molecule has 10 nitrogen and oxygen atoms in total. The highest BCUT2D eigenvalue weighted by Gasteiger charge is 2.13. The molecule has 0 aliphatic heterocycles. The van der Waals surface area contributed by atoms with Gasteiger partial charge in [0, 0.05) is 24.6 Å². The lowest BCUT2D eigenvalue weighted by Crippen LogP contribution is -1.92. The van der Waals surface area contributed by atoms with Crippen LogP contribution in [-0.2, 0) is 6.42 Å². The molecule has 0 aliphatic rings. The lowest BCUT2D eigenvalue weighted by atomic mass is 10.0. The van der Waals surface area contributed by atoms with Crippen LogP contribution < -0.4 is 0 Å². The normalized spacial score (nSPS) is 11.3. The van der Waals surface area contributed by atoms with Crippen LogP contribution in [0.25, 0.3) is 0 Å². The number of phenolic OH excluding ortho intramolecular Hbond substituents is 2. The number of hydrogen-bond acceptors (Lipinski definition) is 8. The maximum atomic E-state index is 11.1. The Morgan fingerprint density at radius 3 is 1.46 bits per heavy atom. The van der Waals surface area contributed by atoms with E-state index >= 15 is 0 Å². The summed E-state index contributed by atoms with van der Waals surface area (Å²) in [5.41, 5.74) is 2.45. The highest BCUT2D eigenvalue weighted by molar-refractivity contribution is 6.33. The van der Waals surface area contributed by atoms with E-state index in [0.717, 1.165) is 11.1 Å². The predicted octanol–water partition coefficient (Wildman–Crippen LogP) is 7.31. The summed E-state index contributed by atoms with van der Waals surface area (Å²) < 4.78 is 0. The second-order valence-corrected chi connectivity index (χ2v) is 9.09. The first-order valence-electron chi connectivity index (χ1n) is 11.2. The van der Waals surface area contributed by atoms with Gasteiger partial charge in [-0.15, -0.1) is 0 Å². The molecule has 0 aliphatic carbocycles. The second-order valence-electron chi connectivity index (χ2n) is 8.28. The summed E-state index contributed by atoms with van der Waals surface area (Å²) in [6.45, 7) is 0. The zero-order chi connectivity index (χ0) is 28.1. The maximum absolute atomic E-state index is 11.1. The molecular weight excluding hydrogens is 547 g/mol. The van der Waals surface area contributed by atoms with Gasteiger partial charge in [-0.1, -0.05) is 47.5 Å². The molecule has 0 saturated heterocycles. The minimum Gasteiger partial charge on any atom is -0.506 e. The van der Waals surface area contributed by atoms with Crippen molar-refractivity contribution in [3.8, 4) is 11.5 Å². The molecule has 0 aromatic heterocycles. The summed E-state index contributed by atoms with van der Waals surface area (Å²) >= 11 is 11.7. The van der Waals surface area contributed by atoms with Gasteiger partial charge in [0.15, 0.2) is 0 Å². The third-order valence-electron chi connectivity index (χ3n) is 5.53. The average molecular weight is 565 g/mol. The summed E-state index contributed by atoms with van der Waals surface area (Å²) in [4.78, 5) is 29.6. The van der Waals surface area contributed by atoms with E-state index in [9.17, 15) is 30.4 Å². The standard InChI is InChI=1S/C27H18Cl2N4O6/c28-20-5-1-18(12-24(20)32(36)37)14-30-22-10-16(3-7-26(22)34)9-17-4-8-27(35)23(11-17)31-15-19-2-6-21(29)25(13-19)33(38)39/h1-8,10-15,34-35H,9H2. The highest BCUT2D eigenvalue weighted by atomic mass is 35.5. The van der Waals surface area contributed by atoms with Crippen LogP contribution in [0.4, 0.5) is 22.7 Å². The topological polar surface area (TPSA) is 151 Å². The maximum Gasteiger partial charge on any atom is 0.288 e. The Balaban J connectivity index is 1.55. The molecule has 0 bridgehead atoms. The van der Waals surface area contributed by atoms with E-state index < -0.39 is 9.85 Å². The largest absolute Gasteiger partial charge is 0.506 e. The van der Waals surface area contributed by atoms with Crippen LogP contribution in [0.2, 0.25) is 10.0 Å². The van der Waals surface area contributed by atoms with Crippen molar-refractivity contribution in [3.63, 3.8) is 0 Å². The molecular formula is C27H18Cl2N4O6. The molecule has 0 amide bonds. The van der Waals surface area contributed by atoms with E-state index in [0.29, 0.717) is 17.5 Å². The van der Waals surface area contributed by atoms with E-state index in [4.69, 9.17) is 23.2 Å². The van der Waals surface area contributed by atoms with Crippen LogP contribution in [0.15, 0.2) is 82.8 Å². The van der Waals surface area contributed by atoms with Crippen LogP contribution in [0.5, 0.6) is 11.5 Å². The Morgan fingerprint density at radius 1 is 0.667 bits per heavy atom. The van der Waals surface area contributed by atoms with Gasteiger partial charge in [-0.25, -0.2) is 0 Å². The SMILES string of the molecule is O=[N+]([O-])c1cc(C=Nc2cc(Cc3ccc(O)c(N=Cc4ccc(Cl)c([N+](=O)[O-])c4)c3)ccc2O)ccc1Cl. The van der Waals surface area contributed by atoms with Crippen LogP contribution in [0.1, 0.15) is 22.3 Å². The summed E-state index contributed by atoms with van der Waals surface area (Å²) in [5, 5.41) is 42.7. The number of nitro benzene ring substituents is 2. The minimum absolute atomic E-state index is 0.00840. The number of rotatable bonds is 8. The second kappa shape index (κ2) is 11.7. The van der Waals surface area contributed by atoms with Crippen LogP contribution >= 0.6 is 23.2 Å². The fourth-order valence-electron chi connectivity index (χ4n) is 3.59. The molecule has 0 unspecified atom stereocenters. The molecule has 2 N–H and O–H groups in total. The van der Waals surface area contributed by atoms with Crippen molar-refractivity contribution < 1.29 is 20.1 Å². The predicted molar refractivity (Wildman–Crippen MR) is 150 cm³/mol. The van der Waals surface area contributed by atoms with Gasteiger partial charge in [0.05, 0.1) is 9.85 Å². The summed E-state index contributed by atoms with van der Waals surface area (Å²) in [6.07, 6.45) is 3.18. The Bertz CT molecular complexity index is 1530. The monoisotopic (exact) mass is 564 g/mol. The molecule has 0 fully saturated rings. The van der Waals surface area contributed by atoms with E-state index in [1.807, 2.05) is 0 Å². The first kappa shape index (κ1) is 27.2. The lowest BCUT2D eigenvalue weighted by Gasteiger charge is -2.07. The number of nitrogens with zero attached hydrogens (tertiary/aromatic N) is 4. The summed E-state index contributed by atoms with van der Waals surface area (Å²) in [6, 6.07) is 18.2. The fraction of sp³-hybridized carbons (Fsp3) is 0.0370. The zero-order valence-corrected chi connectivity index (χ0v) is 21.4. The van der Waals surface area contributed by atoms with E-state index in [1.165, 1.54) is 48.8 Å². The van der Waals surface area contributed by atoms with Crippen molar-refractivity contribution in [3.05, 3.63) is 125 Å². The van der Waals surface area contributed by atoms with Crippen LogP contribution in [-0.4, -0.2) is 32.5 Å². The Kier molecular flexibility index (Phi) is 8.18. The average Bonchev–Trinajstić information content (AvgIpc) is 2.90. The van der Waals surface area contributed by atoms with Gasteiger partial charge < -0.3 is 10.2 Å². The minimum atomic E-state index is -0.590. The molecule has 0 radical (unpaired) electrons. The van der Waals surface area contributed by atoms with Gasteiger partial charge in [0.25, 0.3) is 11.4 Å². The molecule has 39 heavy (non-hydrogen) atoms. The van der Waals surface area contributed by atoms with Gasteiger partial charge in [-0.3, -0.25) is 30.2 Å². The van der Waals surface area contributed by atoms with Crippen molar-refractivity contribution >= 4 is 58.4 Å². The lowest BCUT2D eigenvalue weighted by molar-refractivity contribution is -0.384. The molecule has 0 atom stereocenters. The number of aromatic hydroxyl groups is 2. The third kappa shape index (κ3) is 6.75. The zero-order valence-electron chi connectivity index (χ0n) is 19.9. The Morgan fingerprint density at radius 2 is 1.08 bits per heavy atom. The highest BCUT2D eigenvalue weighted by Crippen LogP contribution is 2.32. The van der Waals surface area contributed by atoms with Crippen LogP contribution in [0.3, 0.4) is 0 Å². The number of phenols is 2. The van der Waals surface area contributed by atoms with Gasteiger partial charge in [0.1, 0.15) is 32.9 Å². The molecule has 196 valence electrons. The van der Waals surface area contributed by atoms with Gasteiger partial charge in [-0.2, -0.15) is 0 Å². The van der Waals surface area contributed by atoms with Gasteiger partial charge >= 0.3 is 0 Å². The molecule has 12 heteroatoms. The first-order valence-corrected chi connectivity index (χ1v) is 12.0. The quantitative estimate of drug-likeness (QED) is 0.130. The van der Waals surface area contributed by atoms with E-state index in [-0.39, 0.29) is 44.3 Å². The van der Waals surface area contributed by atoms with Crippen molar-refractivity contribution in [2.75, 3.05) is 0 Å². The number of hydrogen-bond donors (Lipinski definition) is 2. The van der Waals surface area contributed by atoms with Crippen molar-refractivity contribution in [2.24, 2.45) is 9.98 Å². The molecule has 0 spiro atoms. The van der Waals surface area contributed by atoms with Crippen molar-refractivity contribution in [1.82, 2.24) is 0 Å². The fourth-order valence-corrected chi connectivity index (χ4v) is 3.96. The Hall–Kier alpha value is -4.80. The number of nitro groups is 2. The van der Waals surface area contributed by atoms with Crippen molar-refractivity contribution in [2.45, 2.75) is 6.42 Å². The summed E-state index contributed by atoms with van der Waals surface area (Å²) in [5.74, 6) is -0.155. The van der Waals surface area contributed by atoms with Gasteiger partial charge in [0.2, 0.25) is 0 Å². The molecule has 4 rings (SSSR count). The smallest absolute Gasteiger partial charge is 0.288 e. The number of halogens is 2. The number of benzene rings is 4. The van der Waals surface area contributed by atoms with E-state index in [1.54, 1.807) is 36.4 Å². The van der Waals surface area contributed by atoms with Crippen LogP contribution in [0, 0.1) is 20.2 Å².